The van der Waals surface area contributed by atoms with Gasteiger partial charge in [0.05, 0.1) is 0 Å². The van der Waals surface area contributed by atoms with Crippen LogP contribution in [0.4, 0.5) is 0 Å². The second kappa shape index (κ2) is 20.4. The summed E-state index contributed by atoms with van der Waals surface area (Å²) in [7, 11) is 0. The first-order valence-electron chi connectivity index (χ1n) is 34.2. The lowest BCUT2D eigenvalue weighted by atomic mass is 9.38. The van der Waals surface area contributed by atoms with Crippen LogP contribution in [0.15, 0.2) is 0 Å². The van der Waals surface area contributed by atoms with Gasteiger partial charge in [0, 0.05) is 0 Å². The smallest absolute Gasteiger partial charge is 0.0235 e. The van der Waals surface area contributed by atoms with Crippen molar-refractivity contribution in [2.75, 3.05) is 0 Å². The molecular weight excluding hydrogens is 901 g/mol. The van der Waals surface area contributed by atoms with E-state index in [2.05, 4.69) is 166 Å². The minimum absolute atomic E-state index is 0.623. The Bertz CT molecular complexity index is 1800. The van der Waals surface area contributed by atoms with E-state index in [1.807, 2.05) is 0 Å². The molecule has 14 fully saturated rings. The summed E-state index contributed by atoms with van der Waals surface area (Å²) in [4.78, 5) is 0. The van der Waals surface area contributed by atoms with E-state index >= 15 is 0 Å². The number of rotatable bonds is 5. The van der Waals surface area contributed by atoms with Gasteiger partial charge in [0.1, 0.15) is 0 Å². The molecule has 75 heavy (non-hydrogen) atoms. The largest absolute Gasteiger partial charge is 0.0625 e. The van der Waals surface area contributed by atoms with E-state index in [1.165, 1.54) is 141 Å². The van der Waals surface area contributed by atoms with Gasteiger partial charge in [-0.2, -0.15) is 0 Å². The SMILES string of the molecule is CC(C)C12CC3(C)CC1CC(C)(C3)C2.CC(C)C12CC3CC(C)(CC(C)(C3)C1)C2.CC1CC2(C)CC(C(C)C)CC(C)(C1)C2.CC1CC2(C)CC(C)CC(C(C)C)(C1)C2.CC1CC2(C)CC(C)CC(C)(C1)C2C(C)C. The molecule has 0 aromatic carbocycles. The fraction of sp³-hybridized carbons (Fsp3) is 1.00. The summed E-state index contributed by atoms with van der Waals surface area (Å²) in [6.45, 7) is 60.0. The molecule has 8 atom stereocenters. The van der Waals surface area contributed by atoms with Gasteiger partial charge in [0.2, 0.25) is 0 Å². The van der Waals surface area contributed by atoms with E-state index in [-0.39, 0.29) is 0 Å². The van der Waals surface area contributed by atoms with Crippen molar-refractivity contribution < 1.29 is 0 Å². The van der Waals surface area contributed by atoms with Gasteiger partial charge in [0.25, 0.3) is 0 Å². The second-order valence-corrected chi connectivity index (χ2v) is 39.1. The van der Waals surface area contributed by atoms with Gasteiger partial charge in [-0.05, 0) is 308 Å². The molecule has 8 unspecified atom stereocenters. The van der Waals surface area contributed by atoms with E-state index in [0.717, 1.165) is 105 Å². The lowest BCUT2D eigenvalue weighted by Gasteiger charge is -2.67. The number of hydrogen-bond donors (Lipinski definition) is 0. The molecule has 0 heteroatoms. The highest BCUT2D eigenvalue weighted by Gasteiger charge is 2.67. The summed E-state index contributed by atoms with van der Waals surface area (Å²) < 4.78 is 0. The zero-order valence-corrected chi connectivity index (χ0v) is 55.8. The van der Waals surface area contributed by atoms with Crippen LogP contribution in [0.5, 0.6) is 0 Å². The standard InChI is InChI=1S/C16H30.C15H26.2C15H28.C14H24/c1-11(2)14-15(5)7-12(3)8-16(14,6)10-13(4)9-15;1-11(2)15-7-12-5-13(3,9-15)8-14(4,6-12)10-15;1-11(2)15-8-12(3)6-14(5,10-15)7-13(4)9-15;1-11(2)13-8-14(4)6-12(3)7-15(5,9-13)10-14;1-10(2)14-8-12(3)5-11(14)6-13(4,7-12)9-14/h11-14H,7-10H2,1-6H3;11-12H,5-10H2,1-4H3;2*11-13H,6-10H2,1-5H3;10-11H,5-9H2,1-4H3. The molecule has 14 rings (SSSR count). The maximum atomic E-state index is 2.58. The van der Waals surface area contributed by atoms with E-state index < -0.39 is 0 Å². The first kappa shape index (κ1) is 61.1. The Morgan fingerprint density at radius 3 is 0.947 bits per heavy atom. The van der Waals surface area contributed by atoms with Crippen molar-refractivity contribution in [1.82, 2.24) is 0 Å². The van der Waals surface area contributed by atoms with Crippen LogP contribution >= 0.6 is 0 Å². The Kier molecular flexibility index (Phi) is 16.6. The maximum absolute atomic E-state index is 2.58. The average molecular weight is 1040 g/mol. The zero-order chi connectivity index (χ0) is 55.8. The fourth-order valence-corrected chi connectivity index (χ4v) is 28.8. The van der Waals surface area contributed by atoms with Crippen LogP contribution in [0.2, 0.25) is 0 Å². The average Bonchev–Trinajstić information content (AvgIpc) is 3.51. The van der Waals surface area contributed by atoms with Crippen molar-refractivity contribution in [3.8, 4) is 0 Å². The zero-order valence-electron chi connectivity index (χ0n) is 55.8. The first-order valence-corrected chi connectivity index (χ1v) is 34.2. The monoisotopic (exact) mass is 1040 g/mol. The third-order valence-corrected chi connectivity index (χ3v) is 27.3. The Morgan fingerprint density at radius 2 is 0.613 bits per heavy atom. The maximum Gasteiger partial charge on any atom is -0.0235 e. The van der Waals surface area contributed by atoms with Crippen molar-refractivity contribution in [2.24, 2.45) is 148 Å². The molecule has 0 aliphatic heterocycles. The van der Waals surface area contributed by atoms with Crippen LogP contribution in [0.1, 0.15) is 327 Å². The third-order valence-electron chi connectivity index (χ3n) is 27.3. The number of hydrogen-bond acceptors (Lipinski definition) is 0. The molecule has 14 bridgehead atoms. The molecule has 0 N–H and O–H groups in total. The van der Waals surface area contributed by atoms with Crippen LogP contribution < -0.4 is 0 Å². The molecule has 0 aromatic heterocycles. The van der Waals surface area contributed by atoms with Crippen LogP contribution in [0, 0.1) is 148 Å². The minimum Gasteiger partial charge on any atom is -0.0625 e. The van der Waals surface area contributed by atoms with Crippen molar-refractivity contribution >= 4 is 0 Å². The lowest BCUT2D eigenvalue weighted by Crippen LogP contribution is -2.56. The van der Waals surface area contributed by atoms with E-state index in [0.29, 0.717) is 43.3 Å². The highest BCUT2D eigenvalue weighted by atomic mass is 14.7. The van der Waals surface area contributed by atoms with Crippen molar-refractivity contribution in [2.45, 2.75) is 327 Å². The molecule has 0 aromatic rings. The highest BCUT2D eigenvalue weighted by Crippen LogP contribution is 2.77. The topological polar surface area (TPSA) is 0 Å². The summed E-state index contributed by atoms with van der Waals surface area (Å²) in [6, 6.07) is 0. The summed E-state index contributed by atoms with van der Waals surface area (Å²) in [6.07, 6.45) is 37.6. The summed E-state index contributed by atoms with van der Waals surface area (Å²) in [5.41, 5.74) is 8.27. The molecule has 0 heterocycles. The third kappa shape index (κ3) is 12.2. The molecule has 0 nitrogen and oxygen atoms in total. The van der Waals surface area contributed by atoms with Gasteiger partial charge in [-0.1, -0.05) is 166 Å². The Morgan fingerprint density at radius 1 is 0.280 bits per heavy atom. The van der Waals surface area contributed by atoms with Gasteiger partial charge in [0.15, 0.2) is 0 Å². The predicted molar refractivity (Wildman–Crippen MR) is 330 cm³/mol. The molecule has 436 valence electrons. The molecule has 14 aliphatic rings. The van der Waals surface area contributed by atoms with Crippen molar-refractivity contribution in [1.29, 1.82) is 0 Å². The Balaban J connectivity index is 0.000000125. The van der Waals surface area contributed by atoms with Gasteiger partial charge in [-0.15, -0.1) is 0 Å². The molecular formula is C75H136. The predicted octanol–water partition coefficient (Wildman–Crippen LogP) is 23.8. The normalized spacial score (nSPS) is 54.4. The highest BCUT2D eigenvalue weighted by molar-refractivity contribution is 5.17. The summed E-state index contributed by atoms with van der Waals surface area (Å²) in [5.74, 6) is 13.3. The molecule has 0 amide bonds. The van der Waals surface area contributed by atoms with E-state index in [9.17, 15) is 0 Å². The van der Waals surface area contributed by atoms with Gasteiger partial charge in [-0.25, -0.2) is 0 Å². The van der Waals surface area contributed by atoms with Crippen molar-refractivity contribution in [3.63, 3.8) is 0 Å². The summed E-state index contributed by atoms with van der Waals surface area (Å²) in [5, 5.41) is 0. The fourth-order valence-electron chi connectivity index (χ4n) is 28.8. The lowest BCUT2D eigenvalue weighted by molar-refractivity contribution is -0.162. The minimum atomic E-state index is 0.623. The first-order chi connectivity index (χ1) is 34.2. The van der Waals surface area contributed by atoms with Gasteiger partial charge in [-0.3, -0.25) is 0 Å². The van der Waals surface area contributed by atoms with Crippen LogP contribution in [0.3, 0.4) is 0 Å². The van der Waals surface area contributed by atoms with Crippen LogP contribution in [-0.4, -0.2) is 0 Å². The van der Waals surface area contributed by atoms with Crippen molar-refractivity contribution in [3.05, 3.63) is 0 Å². The van der Waals surface area contributed by atoms with Crippen LogP contribution in [0.25, 0.3) is 0 Å². The van der Waals surface area contributed by atoms with Gasteiger partial charge >= 0.3 is 0 Å². The molecule has 14 saturated carbocycles. The molecule has 0 saturated heterocycles. The molecule has 0 spiro atoms. The Hall–Kier alpha value is 0. The summed E-state index contributed by atoms with van der Waals surface area (Å²) >= 11 is 0. The quantitative estimate of drug-likeness (QED) is 0.257. The molecule has 0 radical (unpaired) electrons. The van der Waals surface area contributed by atoms with E-state index in [1.54, 1.807) is 19.3 Å². The van der Waals surface area contributed by atoms with E-state index in [4.69, 9.17) is 0 Å². The molecule has 14 aliphatic carbocycles. The second-order valence-electron chi connectivity index (χ2n) is 39.1. The number of fused-ring (bicyclic) bond motifs is 6. The van der Waals surface area contributed by atoms with Crippen LogP contribution in [-0.2, 0) is 0 Å². The Labute approximate surface area is 472 Å². The van der Waals surface area contributed by atoms with Gasteiger partial charge < -0.3 is 0 Å².